The predicted molar refractivity (Wildman–Crippen MR) is 152 cm³/mol. The molecule has 0 aliphatic carbocycles. The molecule has 1 atom stereocenters. The van der Waals surface area contributed by atoms with Crippen LogP contribution in [-0.4, -0.2) is 66.7 Å². The summed E-state index contributed by atoms with van der Waals surface area (Å²) in [5.74, 6) is 0.955. The van der Waals surface area contributed by atoms with Gasteiger partial charge in [0.05, 0.1) is 24.9 Å². The van der Waals surface area contributed by atoms with Gasteiger partial charge in [0.25, 0.3) is 0 Å². The van der Waals surface area contributed by atoms with Crippen molar-refractivity contribution in [3.05, 3.63) is 65.9 Å². The third-order valence-electron chi connectivity index (χ3n) is 8.16. The first kappa shape index (κ1) is 26.9. The molecule has 2 aromatic carbocycles. The topological polar surface area (TPSA) is 100 Å². The molecule has 1 aromatic heterocycles. The van der Waals surface area contributed by atoms with E-state index in [0.29, 0.717) is 23.7 Å². The summed E-state index contributed by atoms with van der Waals surface area (Å²) in [7, 11) is 1.51. The summed E-state index contributed by atoms with van der Waals surface area (Å²) in [5.41, 5.74) is 3.58. The predicted octanol–water partition coefficient (Wildman–Crippen LogP) is 4.60. The molecule has 0 radical (unpaired) electrons. The first-order chi connectivity index (χ1) is 19.8. The summed E-state index contributed by atoms with van der Waals surface area (Å²) >= 11 is 0. The van der Waals surface area contributed by atoms with Crippen LogP contribution in [0.1, 0.15) is 30.9 Å². The summed E-state index contributed by atoms with van der Waals surface area (Å²) in [4.78, 5) is 38.7. The molecule has 3 aliphatic rings. The van der Waals surface area contributed by atoms with E-state index in [1.165, 1.54) is 42.0 Å². The van der Waals surface area contributed by atoms with Crippen molar-refractivity contribution in [2.24, 2.45) is 5.41 Å². The van der Waals surface area contributed by atoms with Crippen molar-refractivity contribution in [1.29, 1.82) is 0 Å². The molecule has 2 amide bonds. The average Bonchev–Trinajstić information content (AvgIpc) is 3.67. The van der Waals surface area contributed by atoms with Crippen molar-refractivity contribution in [1.82, 2.24) is 14.9 Å². The number of carbonyl (C=O) groups excluding carboxylic acids is 2. The van der Waals surface area contributed by atoms with Crippen LogP contribution in [0.4, 0.5) is 26.4 Å². The van der Waals surface area contributed by atoms with Crippen LogP contribution in [0.2, 0.25) is 0 Å². The average molecular weight is 561 g/mol. The first-order valence-electron chi connectivity index (χ1n) is 13.9. The standard InChI is InChI=1S/C30H33FN6O4/c1-3-40-29(39)35(2)24-14-22(31)6-7-25(24)41-26-15-32-19-33-28(26)37-11-9-30(18-37)8-10-36(17-30)16-20-4-5-21-13-27(38)34-23(21)12-20/h4-7,12,14-15,19H,3,8-11,13,16-18H2,1-2H3,(H,34,38). The van der Waals surface area contributed by atoms with Gasteiger partial charge in [-0.05, 0) is 55.6 Å². The van der Waals surface area contributed by atoms with E-state index in [0.717, 1.165) is 56.8 Å². The number of aromatic nitrogens is 2. The Morgan fingerprint density at radius 1 is 1.15 bits per heavy atom. The molecule has 214 valence electrons. The molecule has 1 N–H and O–H groups in total. The first-order valence-corrected chi connectivity index (χ1v) is 13.9. The molecule has 1 unspecified atom stereocenters. The number of rotatable bonds is 7. The fourth-order valence-corrected chi connectivity index (χ4v) is 6.13. The summed E-state index contributed by atoms with van der Waals surface area (Å²) in [6.07, 6.45) is 5.05. The largest absolute Gasteiger partial charge is 0.450 e. The quantitative estimate of drug-likeness (QED) is 0.448. The van der Waals surface area contributed by atoms with E-state index in [9.17, 15) is 14.0 Å². The number of anilines is 3. The van der Waals surface area contributed by atoms with Gasteiger partial charge in [-0.1, -0.05) is 12.1 Å². The minimum absolute atomic E-state index is 0.0538. The summed E-state index contributed by atoms with van der Waals surface area (Å²) in [5, 5.41) is 2.95. The Balaban J connectivity index is 1.15. The van der Waals surface area contributed by atoms with Crippen molar-refractivity contribution in [3.8, 4) is 11.5 Å². The lowest BCUT2D eigenvalue weighted by Gasteiger charge is -2.26. The van der Waals surface area contributed by atoms with Crippen LogP contribution in [0.15, 0.2) is 48.9 Å². The minimum Gasteiger partial charge on any atom is -0.450 e. The van der Waals surface area contributed by atoms with Gasteiger partial charge in [0.2, 0.25) is 5.91 Å². The fourth-order valence-electron chi connectivity index (χ4n) is 6.13. The number of hydrogen-bond acceptors (Lipinski definition) is 8. The lowest BCUT2D eigenvalue weighted by Crippen LogP contribution is -2.31. The van der Waals surface area contributed by atoms with Crippen LogP contribution >= 0.6 is 0 Å². The van der Waals surface area contributed by atoms with E-state index in [2.05, 4.69) is 43.3 Å². The molecule has 10 nitrogen and oxygen atoms in total. The molecule has 3 aromatic rings. The Labute approximate surface area is 238 Å². The Hall–Kier alpha value is -4.25. The number of nitrogens with zero attached hydrogens (tertiary/aromatic N) is 5. The van der Waals surface area contributed by atoms with E-state index in [1.807, 2.05) is 0 Å². The number of halogens is 1. The van der Waals surface area contributed by atoms with Gasteiger partial charge in [-0.25, -0.2) is 19.2 Å². The lowest BCUT2D eigenvalue weighted by molar-refractivity contribution is -0.115. The molecule has 41 heavy (non-hydrogen) atoms. The number of ether oxygens (including phenoxy) is 2. The van der Waals surface area contributed by atoms with Gasteiger partial charge in [-0.15, -0.1) is 0 Å². The SMILES string of the molecule is CCOC(=O)N(C)c1cc(F)ccc1Oc1cncnc1N1CCC2(CCN(Cc3ccc4c(c3)NC(=O)C4)C2)C1. The zero-order chi connectivity index (χ0) is 28.6. The number of amides is 2. The van der Waals surface area contributed by atoms with E-state index in [-0.39, 0.29) is 23.6 Å². The third-order valence-corrected chi connectivity index (χ3v) is 8.16. The normalized spacial score (nSPS) is 19.9. The van der Waals surface area contributed by atoms with Crippen LogP contribution in [-0.2, 0) is 22.5 Å². The van der Waals surface area contributed by atoms with Gasteiger partial charge in [0.15, 0.2) is 17.3 Å². The number of carbonyl (C=O) groups is 2. The van der Waals surface area contributed by atoms with Gasteiger partial charge in [0.1, 0.15) is 12.1 Å². The number of fused-ring (bicyclic) bond motifs is 1. The summed E-state index contributed by atoms with van der Waals surface area (Å²) < 4.78 is 25.5. The second-order valence-corrected chi connectivity index (χ2v) is 11.0. The zero-order valence-corrected chi connectivity index (χ0v) is 23.2. The number of likely N-dealkylation sites (tertiary alicyclic amines) is 1. The van der Waals surface area contributed by atoms with Crippen molar-refractivity contribution < 1.29 is 23.5 Å². The molecular weight excluding hydrogens is 527 g/mol. The van der Waals surface area contributed by atoms with Gasteiger partial charge in [-0.3, -0.25) is 14.6 Å². The molecule has 11 heteroatoms. The molecular formula is C30H33FN6O4. The highest BCUT2D eigenvalue weighted by Gasteiger charge is 2.44. The van der Waals surface area contributed by atoms with Crippen LogP contribution in [0.3, 0.4) is 0 Å². The fraction of sp³-hybridized carbons (Fsp3) is 0.400. The van der Waals surface area contributed by atoms with Gasteiger partial charge < -0.3 is 19.7 Å². The second-order valence-electron chi connectivity index (χ2n) is 11.0. The maximum absolute atomic E-state index is 14.1. The van der Waals surface area contributed by atoms with Gasteiger partial charge >= 0.3 is 6.09 Å². The van der Waals surface area contributed by atoms with Crippen molar-refractivity contribution in [2.45, 2.75) is 32.7 Å². The summed E-state index contributed by atoms with van der Waals surface area (Å²) in [6.45, 7) is 6.38. The van der Waals surface area contributed by atoms with Crippen LogP contribution in [0, 0.1) is 11.2 Å². The van der Waals surface area contributed by atoms with E-state index in [1.54, 1.807) is 13.1 Å². The molecule has 2 saturated heterocycles. The Morgan fingerprint density at radius 3 is 2.85 bits per heavy atom. The molecule has 0 bridgehead atoms. The van der Waals surface area contributed by atoms with E-state index < -0.39 is 11.9 Å². The maximum Gasteiger partial charge on any atom is 0.414 e. The number of benzene rings is 2. The smallest absolute Gasteiger partial charge is 0.414 e. The highest BCUT2D eigenvalue weighted by molar-refractivity contribution is 5.99. The maximum atomic E-state index is 14.1. The van der Waals surface area contributed by atoms with Crippen LogP contribution in [0.25, 0.3) is 0 Å². The highest BCUT2D eigenvalue weighted by atomic mass is 19.1. The van der Waals surface area contributed by atoms with E-state index >= 15 is 0 Å². The Morgan fingerprint density at radius 2 is 2.00 bits per heavy atom. The Kier molecular flexibility index (Phi) is 7.21. The highest BCUT2D eigenvalue weighted by Crippen LogP contribution is 2.44. The van der Waals surface area contributed by atoms with Gasteiger partial charge in [-0.2, -0.15) is 0 Å². The monoisotopic (exact) mass is 560 g/mol. The molecule has 1 spiro atoms. The number of nitrogens with one attached hydrogen (secondary N) is 1. The molecule has 2 fully saturated rings. The van der Waals surface area contributed by atoms with Gasteiger partial charge in [0, 0.05) is 50.4 Å². The third kappa shape index (κ3) is 5.54. The number of hydrogen-bond donors (Lipinski definition) is 1. The molecule has 3 aliphatic heterocycles. The Bertz CT molecular complexity index is 1490. The van der Waals surface area contributed by atoms with Crippen molar-refractivity contribution >= 4 is 29.2 Å². The molecule has 6 rings (SSSR count). The molecule has 4 heterocycles. The van der Waals surface area contributed by atoms with Crippen molar-refractivity contribution in [2.75, 3.05) is 55.0 Å². The van der Waals surface area contributed by atoms with E-state index in [4.69, 9.17) is 9.47 Å². The van der Waals surface area contributed by atoms with Crippen molar-refractivity contribution in [3.63, 3.8) is 0 Å². The second kappa shape index (κ2) is 11.0. The lowest BCUT2D eigenvalue weighted by atomic mass is 9.86. The zero-order valence-electron chi connectivity index (χ0n) is 23.2. The summed E-state index contributed by atoms with van der Waals surface area (Å²) in [6, 6.07) is 10.3. The minimum atomic E-state index is -0.607. The van der Waals surface area contributed by atoms with Crippen LogP contribution < -0.4 is 19.9 Å². The van der Waals surface area contributed by atoms with Crippen LogP contribution in [0.5, 0.6) is 11.5 Å². The molecule has 0 saturated carbocycles.